The van der Waals surface area contributed by atoms with E-state index in [1.54, 1.807) is 24.3 Å². The van der Waals surface area contributed by atoms with Crippen LogP contribution in [0.25, 0.3) is 0 Å². The smallest absolute Gasteiger partial charge is 0.229 e. The Labute approximate surface area is 106 Å². The summed E-state index contributed by atoms with van der Waals surface area (Å²) in [4.78, 5) is 22.7. The zero-order valence-corrected chi connectivity index (χ0v) is 10.2. The summed E-state index contributed by atoms with van der Waals surface area (Å²) >= 11 is 0. The van der Waals surface area contributed by atoms with Crippen molar-refractivity contribution in [1.82, 2.24) is 0 Å². The number of carbonyl (C=O) groups excluding carboxylic acids is 2. The van der Waals surface area contributed by atoms with E-state index in [-0.39, 0.29) is 17.7 Å². The molecule has 1 atom stereocenters. The number of carbonyl (C=O) groups is 2. The minimum Gasteiger partial charge on any atom is -0.381 e. The van der Waals surface area contributed by atoms with Crippen molar-refractivity contribution >= 4 is 23.2 Å². The number of nitrogens with one attached hydrogen (secondary N) is 2. The van der Waals surface area contributed by atoms with Crippen LogP contribution in [0, 0.1) is 5.92 Å². The van der Waals surface area contributed by atoms with Crippen LogP contribution in [0.1, 0.15) is 13.3 Å². The lowest BCUT2D eigenvalue weighted by atomic mass is 10.1. The van der Waals surface area contributed by atoms with E-state index in [4.69, 9.17) is 4.74 Å². The minimum absolute atomic E-state index is 0.0141. The first-order chi connectivity index (χ1) is 8.65. The van der Waals surface area contributed by atoms with E-state index < -0.39 is 0 Å². The molecule has 1 unspecified atom stereocenters. The van der Waals surface area contributed by atoms with Crippen molar-refractivity contribution in [3.8, 4) is 0 Å². The molecule has 0 spiro atoms. The molecule has 18 heavy (non-hydrogen) atoms. The maximum Gasteiger partial charge on any atom is 0.229 e. The van der Waals surface area contributed by atoms with Crippen molar-refractivity contribution in [2.45, 2.75) is 13.3 Å². The Morgan fingerprint density at radius 2 is 1.78 bits per heavy atom. The van der Waals surface area contributed by atoms with Gasteiger partial charge in [-0.3, -0.25) is 9.59 Å². The zero-order chi connectivity index (χ0) is 13.0. The first-order valence-corrected chi connectivity index (χ1v) is 5.91. The Morgan fingerprint density at radius 1 is 1.17 bits per heavy atom. The normalized spacial score (nSPS) is 18.4. The van der Waals surface area contributed by atoms with Gasteiger partial charge in [-0.05, 0) is 30.7 Å². The Bertz CT molecular complexity index is 436. The minimum atomic E-state index is -0.116. The Kier molecular flexibility index (Phi) is 3.94. The molecule has 96 valence electrons. The summed E-state index contributed by atoms with van der Waals surface area (Å²) in [6, 6.07) is 7.03. The summed E-state index contributed by atoms with van der Waals surface area (Å²) in [6.45, 7) is 2.60. The van der Waals surface area contributed by atoms with Gasteiger partial charge in [0.1, 0.15) is 0 Å². The molecule has 0 aromatic heterocycles. The first-order valence-electron chi connectivity index (χ1n) is 5.91. The van der Waals surface area contributed by atoms with E-state index in [9.17, 15) is 9.59 Å². The molecular formula is C13H16N2O3. The van der Waals surface area contributed by atoms with Gasteiger partial charge in [-0.15, -0.1) is 0 Å². The molecule has 1 aromatic rings. The van der Waals surface area contributed by atoms with Gasteiger partial charge in [-0.25, -0.2) is 0 Å². The van der Waals surface area contributed by atoms with Crippen molar-refractivity contribution in [3.63, 3.8) is 0 Å². The molecular weight excluding hydrogens is 232 g/mol. The van der Waals surface area contributed by atoms with Gasteiger partial charge in [0, 0.05) is 24.9 Å². The van der Waals surface area contributed by atoms with E-state index in [2.05, 4.69) is 10.6 Å². The largest absolute Gasteiger partial charge is 0.381 e. The topological polar surface area (TPSA) is 67.4 Å². The van der Waals surface area contributed by atoms with Gasteiger partial charge < -0.3 is 15.4 Å². The monoisotopic (exact) mass is 248 g/mol. The van der Waals surface area contributed by atoms with Gasteiger partial charge in [0.25, 0.3) is 0 Å². The van der Waals surface area contributed by atoms with Gasteiger partial charge in [0.05, 0.1) is 12.5 Å². The molecule has 1 aliphatic heterocycles. The second-order valence-electron chi connectivity index (χ2n) is 4.31. The summed E-state index contributed by atoms with van der Waals surface area (Å²) in [5.41, 5.74) is 1.44. The molecule has 2 N–H and O–H groups in total. The van der Waals surface area contributed by atoms with E-state index in [1.165, 1.54) is 6.92 Å². The molecule has 1 saturated heterocycles. The number of benzene rings is 1. The third-order valence-electron chi connectivity index (χ3n) is 2.77. The van der Waals surface area contributed by atoms with Crippen LogP contribution in [0.3, 0.4) is 0 Å². The van der Waals surface area contributed by atoms with Crippen LogP contribution in [0.4, 0.5) is 11.4 Å². The molecule has 0 bridgehead atoms. The lowest BCUT2D eigenvalue weighted by Gasteiger charge is -2.10. The summed E-state index contributed by atoms with van der Waals surface area (Å²) in [6.07, 6.45) is 0.774. The van der Waals surface area contributed by atoms with Crippen LogP contribution in [0.2, 0.25) is 0 Å². The molecule has 2 amide bonds. The molecule has 5 heteroatoms. The molecule has 1 aromatic carbocycles. The SMILES string of the molecule is CC(=O)Nc1ccc(NC(=O)C2CCOC2)cc1. The molecule has 5 nitrogen and oxygen atoms in total. The van der Waals surface area contributed by atoms with E-state index in [0.717, 1.165) is 12.1 Å². The maximum atomic E-state index is 11.8. The Morgan fingerprint density at radius 3 is 2.28 bits per heavy atom. The number of rotatable bonds is 3. The summed E-state index contributed by atoms with van der Waals surface area (Å²) in [5, 5.41) is 5.50. The molecule has 0 saturated carbocycles. The molecule has 1 aliphatic rings. The molecule has 0 aliphatic carbocycles. The van der Waals surface area contributed by atoms with Crippen molar-refractivity contribution in [3.05, 3.63) is 24.3 Å². The first kappa shape index (κ1) is 12.6. The van der Waals surface area contributed by atoms with Crippen LogP contribution in [0.5, 0.6) is 0 Å². The maximum absolute atomic E-state index is 11.8. The van der Waals surface area contributed by atoms with Crippen molar-refractivity contribution < 1.29 is 14.3 Å². The molecule has 1 heterocycles. The molecule has 1 fully saturated rings. The number of hydrogen-bond donors (Lipinski definition) is 2. The average Bonchev–Trinajstić information content (AvgIpc) is 2.84. The van der Waals surface area contributed by atoms with Gasteiger partial charge in [-0.1, -0.05) is 0 Å². The van der Waals surface area contributed by atoms with Crippen molar-refractivity contribution in [2.75, 3.05) is 23.8 Å². The quantitative estimate of drug-likeness (QED) is 0.854. The average molecular weight is 248 g/mol. The summed E-state index contributed by atoms with van der Waals surface area (Å²) in [5.74, 6) is -0.185. The fraction of sp³-hybridized carbons (Fsp3) is 0.385. The predicted molar refractivity (Wildman–Crippen MR) is 68.3 cm³/mol. The van der Waals surface area contributed by atoms with Crippen LogP contribution in [0.15, 0.2) is 24.3 Å². The third-order valence-corrected chi connectivity index (χ3v) is 2.77. The predicted octanol–water partition coefficient (Wildman–Crippen LogP) is 1.62. The molecule has 0 radical (unpaired) electrons. The third kappa shape index (κ3) is 3.30. The fourth-order valence-corrected chi connectivity index (χ4v) is 1.83. The van der Waals surface area contributed by atoms with Gasteiger partial charge in [0.15, 0.2) is 0 Å². The van der Waals surface area contributed by atoms with Crippen molar-refractivity contribution in [2.24, 2.45) is 5.92 Å². The van der Waals surface area contributed by atoms with E-state index >= 15 is 0 Å². The highest BCUT2D eigenvalue weighted by molar-refractivity contribution is 5.93. The Hall–Kier alpha value is -1.88. The number of amides is 2. The lowest BCUT2D eigenvalue weighted by molar-refractivity contribution is -0.119. The highest BCUT2D eigenvalue weighted by Gasteiger charge is 2.23. The van der Waals surface area contributed by atoms with Crippen LogP contribution < -0.4 is 10.6 Å². The number of anilines is 2. The molecule has 2 rings (SSSR count). The van der Waals surface area contributed by atoms with Gasteiger partial charge in [-0.2, -0.15) is 0 Å². The summed E-state index contributed by atoms with van der Waals surface area (Å²) in [7, 11) is 0. The highest BCUT2D eigenvalue weighted by atomic mass is 16.5. The number of ether oxygens (including phenoxy) is 1. The van der Waals surface area contributed by atoms with Gasteiger partial charge in [0.2, 0.25) is 11.8 Å². The van der Waals surface area contributed by atoms with Gasteiger partial charge >= 0.3 is 0 Å². The fourth-order valence-electron chi connectivity index (χ4n) is 1.83. The lowest BCUT2D eigenvalue weighted by Crippen LogP contribution is -2.22. The standard InChI is InChI=1S/C13H16N2O3/c1-9(16)14-11-2-4-12(5-3-11)15-13(17)10-6-7-18-8-10/h2-5,10H,6-8H2,1H3,(H,14,16)(H,15,17). The summed E-state index contributed by atoms with van der Waals surface area (Å²) < 4.78 is 5.17. The van der Waals surface area contributed by atoms with E-state index in [1.807, 2.05) is 0 Å². The number of hydrogen-bond acceptors (Lipinski definition) is 3. The van der Waals surface area contributed by atoms with Crippen LogP contribution >= 0.6 is 0 Å². The zero-order valence-electron chi connectivity index (χ0n) is 10.2. The second-order valence-corrected chi connectivity index (χ2v) is 4.31. The van der Waals surface area contributed by atoms with E-state index in [0.29, 0.717) is 18.9 Å². The second kappa shape index (κ2) is 5.64. The van der Waals surface area contributed by atoms with Crippen LogP contribution in [-0.4, -0.2) is 25.0 Å². The van der Waals surface area contributed by atoms with Crippen LogP contribution in [-0.2, 0) is 14.3 Å². The Balaban J connectivity index is 1.93. The van der Waals surface area contributed by atoms with Crippen molar-refractivity contribution in [1.29, 1.82) is 0 Å². The highest BCUT2D eigenvalue weighted by Crippen LogP contribution is 2.17.